The molecule has 0 aliphatic carbocycles. The van der Waals surface area contributed by atoms with Crippen LogP contribution in [0.2, 0.25) is 0 Å². The maximum Gasteiger partial charge on any atom is 0.252 e. The molecule has 0 saturated heterocycles. The molecule has 28 heavy (non-hydrogen) atoms. The van der Waals surface area contributed by atoms with E-state index in [4.69, 9.17) is 18.5 Å². The summed E-state index contributed by atoms with van der Waals surface area (Å²) in [6.45, 7) is 0.668. The van der Waals surface area contributed by atoms with Gasteiger partial charge >= 0.3 is 0 Å². The van der Waals surface area contributed by atoms with E-state index in [1.807, 2.05) is 24.3 Å². The lowest BCUT2D eigenvalue weighted by Crippen LogP contribution is -2.26. The Morgan fingerprint density at radius 3 is 2.71 bits per heavy atom. The Morgan fingerprint density at radius 2 is 1.89 bits per heavy atom. The number of aryl methyl sites for hydroxylation is 1. The van der Waals surface area contributed by atoms with E-state index in [-0.39, 0.29) is 18.9 Å². The molecule has 3 aromatic rings. The Hall–Kier alpha value is -3.27. The number of amides is 1. The zero-order valence-corrected chi connectivity index (χ0v) is 15.7. The highest BCUT2D eigenvalue weighted by Crippen LogP contribution is 2.27. The lowest BCUT2D eigenvalue weighted by Gasteiger charge is -2.03. The fourth-order valence-electron chi connectivity index (χ4n) is 2.49. The first-order chi connectivity index (χ1) is 13.7. The van der Waals surface area contributed by atoms with Gasteiger partial charge in [0.2, 0.25) is 17.6 Å². The average Bonchev–Trinajstić information content (AvgIpc) is 3.36. The number of ether oxygens (including phenoxy) is 2. The highest BCUT2D eigenvalue weighted by Gasteiger charge is 2.14. The summed E-state index contributed by atoms with van der Waals surface area (Å²) in [5.74, 6) is 2.27. The minimum Gasteiger partial charge on any atom is -0.496 e. The smallest absolute Gasteiger partial charge is 0.252 e. The van der Waals surface area contributed by atoms with Gasteiger partial charge in [0.1, 0.15) is 12.4 Å². The van der Waals surface area contributed by atoms with Crippen LogP contribution in [0.4, 0.5) is 0 Å². The zero-order chi connectivity index (χ0) is 19.8. The van der Waals surface area contributed by atoms with Gasteiger partial charge in [-0.1, -0.05) is 22.4 Å². The third-order valence-electron chi connectivity index (χ3n) is 3.83. The summed E-state index contributed by atoms with van der Waals surface area (Å²) < 4.78 is 20.4. The van der Waals surface area contributed by atoms with E-state index in [9.17, 15) is 4.79 Å². The second-order valence-electron chi connectivity index (χ2n) is 5.85. The molecule has 2 heterocycles. The van der Waals surface area contributed by atoms with Gasteiger partial charge in [-0.25, -0.2) is 0 Å². The predicted octanol–water partition coefficient (Wildman–Crippen LogP) is 1.57. The first-order valence-electron chi connectivity index (χ1n) is 8.72. The van der Waals surface area contributed by atoms with E-state index in [1.54, 1.807) is 14.2 Å². The summed E-state index contributed by atoms with van der Waals surface area (Å²) in [5, 5.41) is 10.6. The molecule has 10 nitrogen and oxygen atoms in total. The van der Waals surface area contributed by atoms with Crippen molar-refractivity contribution < 1.29 is 23.3 Å². The van der Waals surface area contributed by atoms with Crippen LogP contribution in [0.15, 0.2) is 33.3 Å². The van der Waals surface area contributed by atoms with Gasteiger partial charge in [-0.15, -0.1) is 0 Å². The number of nitrogens with one attached hydrogen (secondary N) is 1. The highest BCUT2D eigenvalue weighted by molar-refractivity contribution is 5.76. The second kappa shape index (κ2) is 9.60. The number of aromatic nitrogens is 4. The van der Waals surface area contributed by atoms with Crippen LogP contribution in [0.5, 0.6) is 5.75 Å². The van der Waals surface area contributed by atoms with Crippen LogP contribution >= 0.6 is 0 Å². The van der Waals surface area contributed by atoms with Gasteiger partial charge in [0.15, 0.2) is 5.82 Å². The summed E-state index contributed by atoms with van der Waals surface area (Å²) in [6, 6.07) is 7.39. The molecule has 1 aromatic carbocycles. The second-order valence-corrected chi connectivity index (χ2v) is 5.85. The van der Waals surface area contributed by atoms with Crippen LogP contribution in [0, 0.1) is 0 Å². The van der Waals surface area contributed by atoms with Crippen molar-refractivity contribution in [2.24, 2.45) is 0 Å². The molecular formula is C18H21N5O5. The lowest BCUT2D eigenvalue weighted by atomic mass is 10.2. The lowest BCUT2D eigenvalue weighted by molar-refractivity contribution is -0.121. The van der Waals surface area contributed by atoms with Crippen molar-refractivity contribution in [3.8, 4) is 17.1 Å². The Kier molecular flexibility index (Phi) is 6.68. The first kappa shape index (κ1) is 19.5. The molecule has 3 rings (SSSR count). The summed E-state index contributed by atoms with van der Waals surface area (Å²) >= 11 is 0. The fourth-order valence-corrected chi connectivity index (χ4v) is 2.49. The fraction of sp³-hybridized carbons (Fsp3) is 0.389. The number of benzene rings is 1. The topological polar surface area (TPSA) is 125 Å². The Bertz CT molecular complexity index is 907. The van der Waals surface area contributed by atoms with E-state index in [2.05, 4.69) is 25.6 Å². The predicted molar refractivity (Wildman–Crippen MR) is 96.3 cm³/mol. The largest absolute Gasteiger partial charge is 0.496 e. The molecular weight excluding hydrogens is 366 g/mol. The summed E-state index contributed by atoms with van der Waals surface area (Å²) in [6.07, 6.45) is 1.04. The first-order valence-corrected chi connectivity index (χ1v) is 8.72. The maximum atomic E-state index is 12.0. The minimum atomic E-state index is -0.127. The number of hydrogen-bond acceptors (Lipinski definition) is 9. The van der Waals surface area contributed by atoms with Crippen LogP contribution in [0.1, 0.15) is 24.0 Å². The Morgan fingerprint density at radius 1 is 1.07 bits per heavy atom. The van der Waals surface area contributed by atoms with Crippen molar-refractivity contribution >= 4 is 5.91 Å². The van der Waals surface area contributed by atoms with Gasteiger partial charge < -0.3 is 23.8 Å². The van der Waals surface area contributed by atoms with E-state index in [1.165, 1.54) is 0 Å². The number of carbonyl (C=O) groups excluding carboxylic acids is 1. The summed E-state index contributed by atoms with van der Waals surface area (Å²) in [7, 11) is 3.13. The molecule has 0 unspecified atom stereocenters. The van der Waals surface area contributed by atoms with Crippen LogP contribution in [-0.4, -0.2) is 47.0 Å². The molecule has 2 aromatic heterocycles. The van der Waals surface area contributed by atoms with E-state index in [0.29, 0.717) is 48.6 Å². The molecule has 0 atom stereocenters. The van der Waals surface area contributed by atoms with E-state index >= 15 is 0 Å². The van der Waals surface area contributed by atoms with Gasteiger partial charge in [-0.05, 0) is 12.1 Å². The standard InChI is InChI=1S/C18H21N5O5/c1-25-11-17-20-14(22-28-17)9-10-19-15(24)7-8-16-21-18(23-27-16)12-5-3-4-6-13(12)26-2/h3-6H,7-11H2,1-2H3,(H,19,24). The molecule has 0 fully saturated rings. The number of para-hydroxylation sites is 1. The van der Waals surface area contributed by atoms with Crippen molar-refractivity contribution in [1.82, 2.24) is 25.6 Å². The van der Waals surface area contributed by atoms with Gasteiger partial charge in [0, 0.05) is 32.9 Å². The molecule has 1 N–H and O–H groups in total. The van der Waals surface area contributed by atoms with Crippen molar-refractivity contribution in [2.75, 3.05) is 20.8 Å². The molecule has 0 spiro atoms. The normalized spacial score (nSPS) is 10.8. The number of hydrogen-bond donors (Lipinski definition) is 1. The molecule has 10 heteroatoms. The molecule has 148 valence electrons. The van der Waals surface area contributed by atoms with Crippen LogP contribution < -0.4 is 10.1 Å². The monoisotopic (exact) mass is 387 g/mol. The highest BCUT2D eigenvalue weighted by atomic mass is 16.5. The molecule has 0 aliphatic heterocycles. The number of rotatable bonds is 10. The molecule has 1 amide bonds. The number of methoxy groups -OCH3 is 2. The van der Waals surface area contributed by atoms with E-state index < -0.39 is 0 Å². The Balaban J connectivity index is 1.44. The van der Waals surface area contributed by atoms with Gasteiger partial charge in [0.05, 0.1) is 12.7 Å². The van der Waals surface area contributed by atoms with Crippen LogP contribution in [-0.2, 0) is 29.0 Å². The minimum absolute atomic E-state index is 0.127. The molecule has 0 saturated carbocycles. The average molecular weight is 387 g/mol. The van der Waals surface area contributed by atoms with Gasteiger partial charge in [-0.2, -0.15) is 9.97 Å². The van der Waals surface area contributed by atoms with Gasteiger partial charge in [0.25, 0.3) is 5.89 Å². The number of carbonyl (C=O) groups is 1. The third kappa shape index (κ3) is 5.13. The van der Waals surface area contributed by atoms with Crippen LogP contribution in [0.3, 0.4) is 0 Å². The SMILES string of the molecule is COCc1nc(CCNC(=O)CCc2nc(-c3ccccc3OC)no2)no1. The molecule has 0 radical (unpaired) electrons. The zero-order valence-electron chi connectivity index (χ0n) is 15.7. The van der Waals surface area contributed by atoms with Crippen molar-refractivity contribution in [2.45, 2.75) is 25.9 Å². The summed E-state index contributed by atoms with van der Waals surface area (Å²) in [5.41, 5.74) is 0.734. The molecule has 0 aliphatic rings. The van der Waals surface area contributed by atoms with Gasteiger partial charge in [-0.3, -0.25) is 4.79 Å². The Labute approximate surface area is 161 Å². The van der Waals surface area contributed by atoms with E-state index in [0.717, 1.165) is 5.56 Å². The quantitative estimate of drug-likeness (QED) is 0.551. The number of nitrogens with zero attached hydrogens (tertiary/aromatic N) is 4. The van der Waals surface area contributed by atoms with Crippen LogP contribution in [0.25, 0.3) is 11.4 Å². The molecule has 0 bridgehead atoms. The van der Waals surface area contributed by atoms with Crippen molar-refractivity contribution in [3.05, 3.63) is 41.9 Å². The van der Waals surface area contributed by atoms with Crippen molar-refractivity contribution in [3.63, 3.8) is 0 Å². The maximum absolute atomic E-state index is 12.0. The third-order valence-corrected chi connectivity index (χ3v) is 3.83. The van der Waals surface area contributed by atoms with Crippen molar-refractivity contribution in [1.29, 1.82) is 0 Å². The summed E-state index contributed by atoms with van der Waals surface area (Å²) in [4.78, 5) is 20.5.